The summed E-state index contributed by atoms with van der Waals surface area (Å²) in [6.45, 7) is 2.80. The third kappa shape index (κ3) is 2.65. The number of rotatable bonds is 4. The Labute approximate surface area is 97.9 Å². The first-order chi connectivity index (χ1) is 8.33. The lowest BCUT2D eigenvalue weighted by Crippen LogP contribution is -1.93. The van der Waals surface area contributed by atoms with E-state index in [1.807, 2.05) is 13.0 Å². The van der Waals surface area contributed by atoms with Gasteiger partial charge in [-0.05, 0) is 19.1 Å². The molecular formula is C11H10N4O2. The van der Waals surface area contributed by atoms with Crippen molar-refractivity contribution in [3.8, 4) is 17.5 Å². The Bertz CT molecular complexity index is 544. The number of nitrogens with zero attached hydrogens (tertiary/aromatic N) is 4. The molecule has 0 amide bonds. The van der Waals surface area contributed by atoms with Crippen LogP contribution in [0.3, 0.4) is 0 Å². The van der Waals surface area contributed by atoms with E-state index in [4.69, 9.17) is 14.5 Å². The molecule has 0 aliphatic heterocycles. The van der Waals surface area contributed by atoms with Crippen molar-refractivity contribution in [1.29, 1.82) is 5.26 Å². The van der Waals surface area contributed by atoms with Gasteiger partial charge in [-0.1, -0.05) is 5.16 Å². The highest BCUT2D eigenvalue weighted by atomic mass is 16.5. The van der Waals surface area contributed by atoms with E-state index in [1.165, 1.54) is 6.20 Å². The fourth-order valence-corrected chi connectivity index (χ4v) is 1.25. The van der Waals surface area contributed by atoms with Crippen molar-refractivity contribution in [3.05, 3.63) is 29.8 Å². The van der Waals surface area contributed by atoms with Gasteiger partial charge in [0, 0.05) is 18.4 Å². The molecule has 0 aliphatic rings. The van der Waals surface area contributed by atoms with Gasteiger partial charge in [-0.25, -0.2) is 4.98 Å². The van der Waals surface area contributed by atoms with Crippen molar-refractivity contribution in [3.63, 3.8) is 0 Å². The summed E-state index contributed by atoms with van der Waals surface area (Å²) in [7, 11) is 0. The zero-order chi connectivity index (χ0) is 12.1. The zero-order valence-corrected chi connectivity index (χ0v) is 9.25. The summed E-state index contributed by atoms with van der Waals surface area (Å²) >= 11 is 0. The molecule has 6 heteroatoms. The smallest absolute Gasteiger partial charge is 0.258 e. The Kier molecular flexibility index (Phi) is 3.43. The van der Waals surface area contributed by atoms with Crippen LogP contribution < -0.4 is 0 Å². The SMILES string of the molecule is CCOCc1noc(-c2ccnc(C#N)c2)n1. The van der Waals surface area contributed by atoms with Crippen molar-refractivity contribution in [2.24, 2.45) is 0 Å². The van der Waals surface area contributed by atoms with Crippen molar-refractivity contribution < 1.29 is 9.26 Å². The molecule has 0 bridgehead atoms. The Balaban J connectivity index is 2.21. The van der Waals surface area contributed by atoms with E-state index in [9.17, 15) is 0 Å². The molecule has 2 rings (SSSR count). The van der Waals surface area contributed by atoms with Gasteiger partial charge in [0.1, 0.15) is 18.4 Å². The molecule has 0 aliphatic carbocycles. The molecule has 2 heterocycles. The van der Waals surface area contributed by atoms with Crippen LogP contribution >= 0.6 is 0 Å². The molecule has 2 aromatic heterocycles. The molecule has 0 saturated heterocycles. The molecule has 0 saturated carbocycles. The van der Waals surface area contributed by atoms with Crippen LogP contribution in [0.4, 0.5) is 0 Å². The molecule has 0 atom stereocenters. The van der Waals surface area contributed by atoms with E-state index >= 15 is 0 Å². The van der Waals surface area contributed by atoms with Gasteiger partial charge in [0.25, 0.3) is 5.89 Å². The average molecular weight is 230 g/mol. The second kappa shape index (κ2) is 5.18. The van der Waals surface area contributed by atoms with Gasteiger partial charge in [-0.15, -0.1) is 0 Å². The molecule has 0 fully saturated rings. The van der Waals surface area contributed by atoms with Gasteiger partial charge >= 0.3 is 0 Å². The van der Waals surface area contributed by atoms with Crippen LogP contribution in [0.2, 0.25) is 0 Å². The van der Waals surface area contributed by atoms with Gasteiger partial charge in [0.15, 0.2) is 5.82 Å². The molecule has 86 valence electrons. The summed E-state index contributed by atoms with van der Waals surface area (Å²) in [6.07, 6.45) is 1.53. The Morgan fingerprint density at radius 2 is 2.41 bits per heavy atom. The lowest BCUT2D eigenvalue weighted by molar-refractivity contribution is 0.126. The van der Waals surface area contributed by atoms with Crippen molar-refractivity contribution in [2.75, 3.05) is 6.61 Å². The minimum Gasteiger partial charge on any atom is -0.374 e. The van der Waals surface area contributed by atoms with Gasteiger partial charge in [0.05, 0.1) is 0 Å². The number of hydrogen-bond donors (Lipinski definition) is 0. The highest BCUT2D eigenvalue weighted by molar-refractivity contribution is 5.53. The lowest BCUT2D eigenvalue weighted by atomic mass is 10.2. The second-order valence-electron chi connectivity index (χ2n) is 3.19. The highest BCUT2D eigenvalue weighted by Crippen LogP contribution is 2.17. The highest BCUT2D eigenvalue weighted by Gasteiger charge is 2.09. The van der Waals surface area contributed by atoms with E-state index in [0.29, 0.717) is 36.2 Å². The molecule has 6 nitrogen and oxygen atoms in total. The van der Waals surface area contributed by atoms with Gasteiger partial charge in [-0.3, -0.25) is 0 Å². The van der Waals surface area contributed by atoms with E-state index in [0.717, 1.165) is 0 Å². The maximum atomic E-state index is 8.73. The molecule has 17 heavy (non-hydrogen) atoms. The second-order valence-corrected chi connectivity index (χ2v) is 3.19. The zero-order valence-electron chi connectivity index (χ0n) is 9.25. The van der Waals surface area contributed by atoms with Gasteiger partial charge in [0.2, 0.25) is 0 Å². The van der Waals surface area contributed by atoms with Crippen LogP contribution in [0.5, 0.6) is 0 Å². The van der Waals surface area contributed by atoms with Crippen LogP contribution in [0.1, 0.15) is 18.4 Å². The number of pyridine rings is 1. The summed E-state index contributed by atoms with van der Waals surface area (Å²) in [5.41, 5.74) is 0.985. The maximum Gasteiger partial charge on any atom is 0.258 e. The predicted octanol–water partition coefficient (Wildman–Crippen LogP) is 1.54. The number of nitriles is 1. The Hall–Kier alpha value is -2.26. The minimum absolute atomic E-state index is 0.312. The fourth-order valence-electron chi connectivity index (χ4n) is 1.25. The standard InChI is InChI=1S/C11H10N4O2/c1-2-16-7-10-14-11(17-15-10)8-3-4-13-9(5-8)6-12/h3-5H,2,7H2,1H3. The van der Waals surface area contributed by atoms with Crippen LogP contribution in [0, 0.1) is 11.3 Å². The summed E-state index contributed by atoms with van der Waals surface area (Å²) in [6, 6.07) is 5.25. The fraction of sp³-hybridized carbons (Fsp3) is 0.273. The summed E-state index contributed by atoms with van der Waals surface area (Å²) in [5, 5.41) is 12.5. The molecule has 0 radical (unpaired) electrons. The van der Waals surface area contributed by atoms with E-state index < -0.39 is 0 Å². The quantitative estimate of drug-likeness (QED) is 0.791. The van der Waals surface area contributed by atoms with E-state index in [2.05, 4.69) is 15.1 Å². The largest absolute Gasteiger partial charge is 0.374 e. The molecule has 0 aromatic carbocycles. The first-order valence-corrected chi connectivity index (χ1v) is 5.10. The Morgan fingerprint density at radius 3 is 3.18 bits per heavy atom. The molecule has 0 N–H and O–H groups in total. The topological polar surface area (TPSA) is 84.8 Å². The first-order valence-electron chi connectivity index (χ1n) is 5.10. The first kappa shape index (κ1) is 11.2. The normalized spacial score (nSPS) is 10.1. The maximum absolute atomic E-state index is 8.73. The molecule has 0 spiro atoms. The van der Waals surface area contributed by atoms with Gasteiger partial charge in [-0.2, -0.15) is 10.2 Å². The van der Waals surface area contributed by atoms with Crippen LogP contribution in [0.25, 0.3) is 11.5 Å². The molecular weight excluding hydrogens is 220 g/mol. The summed E-state index contributed by atoms with van der Waals surface area (Å²) < 4.78 is 10.2. The lowest BCUT2D eigenvalue weighted by Gasteiger charge is -1.93. The number of aromatic nitrogens is 3. The van der Waals surface area contributed by atoms with Crippen LogP contribution in [0.15, 0.2) is 22.9 Å². The number of hydrogen-bond acceptors (Lipinski definition) is 6. The minimum atomic E-state index is 0.312. The monoisotopic (exact) mass is 230 g/mol. The summed E-state index contributed by atoms with van der Waals surface area (Å²) in [4.78, 5) is 8.02. The van der Waals surface area contributed by atoms with Crippen molar-refractivity contribution >= 4 is 0 Å². The third-order valence-corrected chi connectivity index (χ3v) is 2.02. The number of ether oxygens (including phenoxy) is 1. The molecule has 0 unspecified atom stereocenters. The van der Waals surface area contributed by atoms with Crippen LogP contribution in [-0.2, 0) is 11.3 Å². The summed E-state index contributed by atoms with van der Waals surface area (Å²) in [5.74, 6) is 0.843. The average Bonchev–Trinajstić information content (AvgIpc) is 2.85. The van der Waals surface area contributed by atoms with Crippen LogP contribution in [-0.4, -0.2) is 21.7 Å². The predicted molar refractivity (Wildman–Crippen MR) is 57.6 cm³/mol. The molecule has 2 aromatic rings. The van der Waals surface area contributed by atoms with Crippen molar-refractivity contribution in [2.45, 2.75) is 13.5 Å². The van der Waals surface area contributed by atoms with E-state index in [1.54, 1.807) is 12.1 Å². The van der Waals surface area contributed by atoms with Crippen molar-refractivity contribution in [1.82, 2.24) is 15.1 Å². The Morgan fingerprint density at radius 1 is 1.53 bits per heavy atom. The van der Waals surface area contributed by atoms with Gasteiger partial charge < -0.3 is 9.26 Å². The van der Waals surface area contributed by atoms with E-state index in [-0.39, 0.29) is 0 Å². The third-order valence-electron chi connectivity index (χ3n) is 2.02.